The lowest BCUT2D eigenvalue weighted by molar-refractivity contribution is 0.199. The van der Waals surface area contributed by atoms with Gasteiger partial charge in [0.05, 0.1) is 16.8 Å². The van der Waals surface area contributed by atoms with Gasteiger partial charge in [-0.3, -0.25) is 0 Å². The molecule has 0 amide bonds. The van der Waals surface area contributed by atoms with Gasteiger partial charge in [-0.05, 0) is 50.3 Å². The molecule has 1 aromatic carbocycles. The molecule has 1 aliphatic rings. The second kappa shape index (κ2) is 4.87. The Morgan fingerprint density at radius 3 is 2.47 bits per heavy atom. The third kappa shape index (κ3) is 2.75. The Labute approximate surface area is 108 Å². The molecule has 2 atom stereocenters. The van der Waals surface area contributed by atoms with Crippen molar-refractivity contribution in [2.75, 3.05) is 11.9 Å². The lowest BCUT2D eigenvalue weighted by Crippen LogP contribution is -2.30. The van der Waals surface area contributed by atoms with Gasteiger partial charge < -0.3 is 10.0 Å². The summed E-state index contributed by atoms with van der Waals surface area (Å²) in [5, 5.41) is 10.2. The molecule has 1 fully saturated rings. The second-order valence-corrected chi connectivity index (χ2v) is 5.48. The maximum absolute atomic E-state index is 9.51. The first-order chi connectivity index (χ1) is 8.00. The van der Waals surface area contributed by atoms with Crippen LogP contribution in [0, 0.1) is 5.92 Å². The van der Waals surface area contributed by atoms with E-state index < -0.39 is 6.10 Å². The minimum absolute atomic E-state index is 0.465. The van der Waals surface area contributed by atoms with Crippen molar-refractivity contribution in [3.63, 3.8) is 0 Å². The molecule has 2 rings (SSSR count). The smallest absolute Gasteiger partial charge is 0.0762 e. The molecule has 0 aromatic heterocycles. The molecule has 1 aliphatic carbocycles. The summed E-state index contributed by atoms with van der Waals surface area (Å²) in [6, 6.07) is 6.34. The Bertz CT molecular complexity index is 401. The van der Waals surface area contributed by atoms with E-state index in [0.717, 1.165) is 22.2 Å². The van der Waals surface area contributed by atoms with Gasteiger partial charge in [0.15, 0.2) is 0 Å². The van der Waals surface area contributed by atoms with Crippen LogP contribution < -0.4 is 4.90 Å². The molecule has 17 heavy (non-hydrogen) atoms. The molecule has 0 bridgehead atoms. The van der Waals surface area contributed by atoms with E-state index in [1.165, 1.54) is 12.8 Å². The summed E-state index contributed by atoms with van der Waals surface area (Å²) >= 11 is 6.28. The number of rotatable bonds is 4. The molecule has 0 aliphatic heterocycles. The first-order valence-corrected chi connectivity index (χ1v) is 6.59. The van der Waals surface area contributed by atoms with Gasteiger partial charge in [-0.1, -0.05) is 17.7 Å². The third-order valence-corrected chi connectivity index (χ3v) is 4.05. The summed E-state index contributed by atoms with van der Waals surface area (Å²) in [4.78, 5) is 2.24. The molecule has 2 nitrogen and oxygen atoms in total. The van der Waals surface area contributed by atoms with Gasteiger partial charge in [-0.2, -0.15) is 0 Å². The zero-order valence-corrected chi connectivity index (χ0v) is 11.4. The zero-order valence-electron chi connectivity index (χ0n) is 10.7. The van der Waals surface area contributed by atoms with Crippen molar-refractivity contribution in [1.29, 1.82) is 0 Å². The van der Waals surface area contributed by atoms with Crippen molar-refractivity contribution in [3.05, 3.63) is 28.8 Å². The van der Waals surface area contributed by atoms with Crippen LogP contribution in [-0.2, 0) is 0 Å². The maximum atomic E-state index is 9.51. The van der Waals surface area contributed by atoms with E-state index in [1.807, 2.05) is 18.2 Å². The van der Waals surface area contributed by atoms with E-state index in [-0.39, 0.29) is 0 Å². The molecule has 0 radical (unpaired) electrons. The molecule has 0 spiro atoms. The molecule has 1 N–H and O–H groups in total. The number of anilines is 1. The first kappa shape index (κ1) is 12.7. The van der Waals surface area contributed by atoms with E-state index in [2.05, 4.69) is 18.9 Å². The average Bonchev–Trinajstić information content (AvgIpc) is 3.10. The molecule has 1 unspecified atom stereocenters. The monoisotopic (exact) mass is 253 g/mol. The molecule has 3 heteroatoms. The van der Waals surface area contributed by atoms with Crippen LogP contribution in [0.5, 0.6) is 0 Å². The highest BCUT2D eigenvalue weighted by Crippen LogP contribution is 2.38. The highest BCUT2D eigenvalue weighted by atomic mass is 35.5. The van der Waals surface area contributed by atoms with Crippen LogP contribution in [0.15, 0.2) is 18.2 Å². The summed E-state index contributed by atoms with van der Waals surface area (Å²) in [6.07, 6.45) is 2.19. The van der Waals surface area contributed by atoms with Crippen molar-refractivity contribution in [1.82, 2.24) is 0 Å². The Balaban J connectivity index is 2.20. The van der Waals surface area contributed by atoms with Crippen LogP contribution in [0.3, 0.4) is 0 Å². The molecule has 0 saturated heterocycles. The number of halogens is 1. The number of benzene rings is 1. The average molecular weight is 254 g/mol. The fourth-order valence-electron chi connectivity index (χ4n) is 2.18. The van der Waals surface area contributed by atoms with Crippen LogP contribution in [0.2, 0.25) is 5.02 Å². The highest BCUT2D eigenvalue weighted by Gasteiger charge is 2.31. The Morgan fingerprint density at radius 2 is 2.00 bits per heavy atom. The van der Waals surface area contributed by atoms with E-state index in [9.17, 15) is 5.11 Å². The van der Waals surface area contributed by atoms with E-state index >= 15 is 0 Å². The summed E-state index contributed by atoms with van der Waals surface area (Å²) in [7, 11) is 2.09. The lowest BCUT2D eigenvalue weighted by Gasteiger charge is -2.28. The highest BCUT2D eigenvalue weighted by molar-refractivity contribution is 6.33. The van der Waals surface area contributed by atoms with Crippen LogP contribution in [0.25, 0.3) is 0 Å². The number of aliphatic hydroxyl groups is 1. The van der Waals surface area contributed by atoms with E-state index in [0.29, 0.717) is 6.04 Å². The van der Waals surface area contributed by atoms with E-state index in [4.69, 9.17) is 11.6 Å². The molecule has 94 valence electrons. The quantitative estimate of drug-likeness (QED) is 0.886. The van der Waals surface area contributed by atoms with E-state index in [1.54, 1.807) is 6.92 Å². The van der Waals surface area contributed by atoms with Gasteiger partial charge >= 0.3 is 0 Å². The fraction of sp³-hybridized carbons (Fsp3) is 0.571. The standard InChI is InChI=1S/C14H20ClNO/c1-9(11-4-5-11)16(3)14-7-6-12(10(2)17)8-13(14)15/h6-11,17H,4-5H2,1-3H3/t9?,10-/m0/s1. The minimum Gasteiger partial charge on any atom is -0.389 e. The van der Waals surface area contributed by atoms with Gasteiger partial charge in [0.25, 0.3) is 0 Å². The Morgan fingerprint density at radius 1 is 1.35 bits per heavy atom. The SMILES string of the molecule is CC(C1CC1)N(C)c1ccc([C@H](C)O)cc1Cl. The number of nitrogens with zero attached hydrogens (tertiary/aromatic N) is 1. The summed E-state index contributed by atoms with van der Waals surface area (Å²) in [6.45, 7) is 4.00. The Hall–Kier alpha value is -0.730. The van der Waals surface area contributed by atoms with Crippen molar-refractivity contribution < 1.29 is 5.11 Å². The maximum Gasteiger partial charge on any atom is 0.0762 e. The molecular weight excluding hydrogens is 234 g/mol. The molecule has 0 heterocycles. The van der Waals surface area contributed by atoms with Crippen molar-refractivity contribution >= 4 is 17.3 Å². The molecular formula is C14H20ClNO. The van der Waals surface area contributed by atoms with Crippen LogP contribution >= 0.6 is 11.6 Å². The van der Waals surface area contributed by atoms with Gasteiger partial charge in [0.2, 0.25) is 0 Å². The summed E-state index contributed by atoms with van der Waals surface area (Å²) in [5.74, 6) is 0.813. The normalized spacial score (nSPS) is 18.9. The predicted molar refractivity (Wildman–Crippen MR) is 72.7 cm³/mol. The topological polar surface area (TPSA) is 23.5 Å². The zero-order chi connectivity index (χ0) is 12.6. The Kier molecular flexibility index (Phi) is 3.64. The largest absolute Gasteiger partial charge is 0.389 e. The number of hydrogen-bond acceptors (Lipinski definition) is 2. The molecule has 1 saturated carbocycles. The van der Waals surface area contributed by atoms with Crippen molar-refractivity contribution in [2.45, 2.75) is 38.8 Å². The second-order valence-electron chi connectivity index (χ2n) is 5.08. The number of hydrogen-bond donors (Lipinski definition) is 1. The first-order valence-electron chi connectivity index (χ1n) is 6.21. The van der Waals surface area contributed by atoms with Crippen LogP contribution in [0.1, 0.15) is 38.4 Å². The van der Waals surface area contributed by atoms with Gasteiger partial charge in [-0.25, -0.2) is 0 Å². The number of aliphatic hydroxyl groups excluding tert-OH is 1. The van der Waals surface area contributed by atoms with Crippen LogP contribution in [-0.4, -0.2) is 18.2 Å². The predicted octanol–water partition coefficient (Wildman–Crippen LogP) is 3.63. The fourth-order valence-corrected chi connectivity index (χ4v) is 2.51. The lowest BCUT2D eigenvalue weighted by atomic mass is 10.1. The molecule has 1 aromatic rings. The van der Waals surface area contributed by atoms with Crippen molar-refractivity contribution in [3.8, 4) is 0 Å². The van der Waals surface area contributed by atoms with Gasteiger partial charge in [0.1, 0.15) is 0 Å². The van der Waals surface area contributed by atoms with Crippen molar-refractivity contribution in [2.24, 2.45) is 5.92 Å². The van der Waals surface area contributed by atoms with Gasteiger partial charge in [-0.15, -0.1) is 0 Å². The van der Waals surface area contributed by atoms with Gasteiger partial charge in [0, 0.05) is 13.1 Å². The van der Waals surface area contributed by atoms with Crippen LogP contribution in [0.4, 0.5) is 5.69 Å². The summed E-state index contributed by atoms with van der Waals surface area (Å²) < 4.78 is 0. The third-order valence-electron chi connectivity index (χ3n) is 3.75. The summed E-state index contributed by atoms with van der Waals surface area (Å²) in [5.41, 5.74) is 1.92. The minimum atomic E-state index is -0.465.